The minimum Gasteiger partial charge on any atom is -0.344 e. The lowest BCUT2D eigenvalue weighted by Gasteiger charge is -2.03. The number of rotatable bonds is 4. The van der Waals surface area contributed by atoms with E-state index in [1.165, 1.54) is 6.21 Å². The summed E-state index contributed by atoms with van der Waals surface area (Å²) in [5, 5.41) is 6.94. The van der Waals surface area contributed by atoms with E-state index < -0.39 is 11.8 Å². The minimum atomic E-state index is -0.870. The second kappa shape index (κ2) is 8.26. The lowest BCUT2D eigenvalue weighted by Crippen LogP contribution is -2.37. The van der Waals surface area contributed by atoms with E-state index in [1.54, 1.807) is 42.7 Å². The number of nitrogens with one attached hydrogen (secondary N) is 2. The van der Waals surface area contributed by atoms with Gasteiger partial charge in [-0.05, 0) is 29.3 Å². The van der Waals surface area contributed by atoms with Crippen molar-refractivity contribution in [2.75, 3.05) is 0 Å². The van der Waals surface area contributed by atoms with Gasteiger partial charge in [0.25, 0.3) is 0 Å². The predicted octanol–water partition coefficient (Wildman–Crippen LogP) is 2.15. The summed E-state index contributed by atoms with van der Waals surface area (Å²) in [4.78, 5) is 27.1. The first-order valence-corrected chi connectivity index (χ1v) is 7.27. The summed E-state index contributed by atoms with van der Waals surface area (Å²) in [6.45, 7) is 0.205. The number of aromatic nitrogens is 1. The zero-order valence-corrected chi connectivity index (χ0v) is 13.3. The summed E-state index contributed by atoms with van der Waals surface area (Å²) in [6, 6.07) is 8.39. The SMILES string of the molecule is O=C(NCc1cccnc1)C(=O)N/N=C\c1ccc(Cl)c(Cl)c1. The third-order valence-corrected chi connectivity index (χ3v) is 3.44. The summed E-state index contributed by atoms with van der Waals surface area (Å²) in [7, 11) is 0. The molecule has 0 fully saturated rings. The summed E-state index contributed by atoms with van der Waals surface area (Å²) in [5.41, 5.74) is 3.55. The monoisotopic (exact) mass is 350 g/mol. The van der Waals surface area contributed by atoms with Gasteiger partial charge in [0.05, 0.1) is 16.3 Å². The highest BCUT2D eigenvalue weighted by molar-refractivity contribution is 6.42. The standard InChI is InChI=1S/C15H12Cl2N4O2/c16-12-4-3-10(6-13(12)17)9-20-21-15(23)14(22)19-8-11-2-1-5-18-7-11/h1-7,9H,8H2,(H,19,22)(H,21,23)/b20-9-. The molecule has 23 heavy (non-hydrogen) atoms. The maximum absolute atomic E-state index is 11.6. The molecular weight excluding hydrogens is 339 g/mol. The molecule has 0 aliphatic rings. The van der Waals surface area contributed by atoms with Crippen LogP contribution in [0.1, 0.15) is 11.1 Å². The first-order valence-electron chi connectivity index (χ1n) is 6.51. The summed E-state index contributed by atoms with van der Waals surface area (Å²) in [6.07, 6.45) is 4.57. The first-order chi connectivity index (χ1) is 11.1. The van der Waals surface area contributed by atoms with E-state index in [1.807, 2.05) is 0 Å². The molecule has 0 atom stereocenters. The Hall–Kier alpha value is -2.44. The molecule has 6 nitrogen and oxygen atoms in total. The molecule has 0 aliphatic heterocycles. The van der Waals surface area contributed by atoms with Crippen molar-refractivity contribution in [2.45, 2.75) is 6.54 Å². The Kier molecular flexibility index (Phi) is 6.08. The van der Waals surface area contributed by atoms with Crippen LogP contribution in [0.5, 0.6) is 0 Å². The molecule has 0 unspecified atom stereocenters. The first kappa shape index (κ1) is 16.9. The van der Waals surface area contributed by atoms with E-state index in [0.717, 1.165) is 5.56 Å². The van der Waals surface area contributed by atoms with Crippen LogP contribution in [-0.2, 0) is 16.1 Å². The number of hydrogen-bond acceptors (Lipinski definition) is 4. The fraction of sp³-hybridized carbons (Fsp3) is 0.0667. The number of hydrogen-bond donors (Lipinski definition) is 2. The lowest BCUT2D eigenvalue weighted by atomic mass is 10.2. The quantitative estimate of drug-likeness (QED) is 0.503. The Bertz CT molecular complexity index is 736. The number of pyridine rings is 1. The molecule has 0 aliphatic carbocycles. The van der Waals surface area contributed by atoms with Gasteiger partial charge in [-0.2, -0.15) is 5.10 Å². The zero-order chi connectivity index (χ0) is 16.7. The van der Waals surface area contributed by atoms with E-state index in [0.29, 0.717) is 15.6 Å². The van der Waals surface area contributed by atoms with E-state index in [4.69, 9.17) is 23.2 Å². The molecule has 118 valence electrons. The van der Waals surface area contributed by atoms with Crippen LogP contribution in [0.3, 0.4) is 0 Å². The number of halogens is 2. The predicted molar refractivity (Wildman–Crippen MR) is 88.3 cm³/mol. The van der Waals surface area contributed by atoms with Gasteiger partial charge in [-0.15, -0.1) is 0 Å². The van der Waals surface area contributed by atoms with Gasteiger partial charge in [0, 0.05) is 18.9 Å². The molecule has 0 bridgehead atoms. The molecule has 1 aromatic heterocycles. The van der Waals surface area contributed by atoms with Gasteiger partial charge >= 0.3 is 11.8 Å². The molecule has 0 spiro atoms. The van der Waals surface area contributed by atoms with Gasteiger partial charge in [0.2, 0.25) is 0 Å². The third kappa shape index (κ3) is 5.36. The molecule has 2 rings (SSSR count). The lowest BCUT2D eigenvalue weighted by molar-refractivity contribution is -0.139. The molecule has 1 aromatic carbocycles. The molecule has 0 saturated carbocycles. The Morgan fingerprint density at radius 2 is 2.00 bits per heavy atom. The van der Waals surface area contributed by atoms with Crippen molar-refractivity contribution in [3.63, 3.8) is 0 Å². The zero-order valence-electron chi connectivity index (χ0n) is 11.8. The van der Waals surface area contributed by atoms with Crippen LogP contribution < -0.4 is 10.7 Å². The van der Waals surface area contributed by atoms with Crippen molar-refractivity contribution in [1.82, 2.24) is 15.7 Å². The largest absolute Gasteiger partial charge is 0.344 e. The minimum absolute atomic E-state index is 0.205. The van der Waals surface area contributed by atoms with Crippen molar-refractivity contribution in [3.8, 4) is 0 Å². The van der Waals surface area contributed by atoms with Crippen LogP contribution in [0, 0.1) is 0 Å². The van der Waals surface area contributed by atoms with Gasteiger partial charge in [-0.1, -0.05) is 35.3 Å². The summed E-state index contributed by atoms with van der Waals surface area (Å²) in [5.74, 6) is -1.66. The molecule has 0 radical (unpaired) electrons. The van der Waals surface area contributed by atoms with E-state index in [2.05, 4.69) is 20.8 Å². The van der Waals surface area contributed by atoms with E-state index in [9.17, 15) is 9.59 Å². The molecule has 8 heteroatoms. The number of amides is 2. The van der Waals surface area contributed by atoms with Gasteiger partial charge in [-0.3, -0.25) is 14.6 Å². The highest BCUT2D eigenvalue weighted by Crippen LogP contribution is 2.21. The topological polar surface area (TPSA) is 83.5 Å². The van der Waals surface area contributed by atoms with Crippen LogP contribution >= 0.6 is 23.2 Å². The fourth-order valence-electron chi connectivity index (χ4n) is 1.57. The molecule has 1 heterocycles. The van der Waals surface area contributed by atoms with Gasteiger partial charge in [0.15, 0.2) is 0 Å². The molecule has 0 saturated heterocycles. The average Bonchev–Trinajstić information content (AvgIpc) is 2.56. The van der Waals surface area contributed by atoms with Gasteiger partial charge < -0.3 is 5.32 Å². The van der Waals surface area contributed by atoms with Crippen LogP contribution in [0.2, 0.25) is 10.0 Å². The van der Waals surface area contributed by atoms with Crippen LogP contribution in [0.4, 0.5) is 0 Å². The second-order valence-electron chi connectivity index (χ2n) is 4.42. The maximum Gasteiger partial charge on any atom is 0.329 e. The van der Waals surface area contributed by atoms with Crippen molar-refractivity contribution >= 4 is 41.2 Å². The van der Waals surface area contributed by atoms with E-state index in [-0.39, 0.29) is 6.54 Å². The Morgan fingerprint density at radius 1 is 1.17 bits per heavy atom. The smallest absolute Gasteiger partial charge is 0.329 e. The molecule has 2 N–H and O–H groups in total. The average molecular weight is 351 g/mol. The highest BCUT2D eigenvalue weighted by atomic mass is 35.5. The summed E-state index contributed by atoms with van der Waals surface area (Å²) < 4.78 is 0. The number of hydrazone groups is 1. The Labute approximate surface area is 142 Å². The third-order valence-electron chi connectivity index (χ3n) is 2.71. The number of benzene rings is 1. The van der Waals surface area contributed by atoms with Crippen LogP contribution in [-0.4, -0.2) is 23.0 Å². The molecule has 2 aromatic rings. The van der Waals surface area contributed by atoms with E-state index >= 15 is 0 Å². The van der Waals surface area contributed by atoms with Crippen molar-refractivity contribution in [3.05, 3.63) is 63.9 Å². The fourth-order valence-corrected chi connectivity index (χ4v) is 1.88. The van der Waals surface area contributed by atoms with Gasteiger partial charge in [0.1, 0.15) is 0 Å². The Morgan fingerprint density at radius 3 is 2.70 bits per heavy atom. The normalized spacial score (nSPS) is 10.5. The van der Waals surface area contributed by atoms with Crippen molar-refractivity contribution in [2.24, 2.45) is 5.10 Å². The molecular formula is C15H12Cl2N4O2. The maximum atomic E-state index is 11.6. The Balaban J connectivity index is 1.82. The number of carbonyl (C=O) groups is 2. The van der Waals surface area contributed by atoms with Crippen LogP contribution in [0.15, 0.2) is 47.8 Å². The number of carbonyl (C=O) groups excluding carboxylic acids is 2. The van der Waals surface area contributed by atoms with Crippen LogP contribution in [0.25, 0.3) is 0 Å². The summed E-state index contributed by atoms with van der Waals surface area (Å²) >= 11 is 11.6. The van der Waals surface area contributed by atoms with Gasteiger partial charge in [-0.25, -0.2) is 5.43 Å². The second-order valence-corrected chi connectivity index (χ2v) is 5.23. The number of nitrogens with zero attached hydrogens (tertiary/aromatic N) is 2. The highest BCUT2D eigenvalue weighted by Gasteiger charge is 2.11. The van der Waals surface area contributed by atoms with Crippen molar-refractivity contribution < 1.29 is 9.59 Å². The van der Waals surface area contributed by atoms with Crippen molar-refractivity contribution in [1.29, 1.82) is 0 Å². The molecule has 2 amide bonds.